The topological polar surface area (TPSA) is 41.1 Å². The number of nitrogens with one attached hydrogen (secondary N) is 2. The number of carbonyl (C=O) groups excluding carboxylic acids is 1. The molecule has 20 heavy (non-hydrogen) atoms. The molecule has 2 rings (SSSR count). The second-order valence-electron chi connectivity index (χ2n) is 5.39. The highest BCUT2D eigenvalue weighted by molar-refractivity contribution is 5.87. The molecule has 0 spiro atoms. The second kappa shape index (κ2) is 6.53. The summed E-state index contributed by atoms with van der Waals surface area (Å²) in [6.07, 6.45) is 0. The van der Waals surface area contributed by atoms with Crippen LogP contribution < -0.4 is 10.6 Å². The maximum atomic E-state index is 11.9. The van der Waals surface area contributed by atoms with Gasteiger partial charge >= 0.3 is 0 Å². The highest BCUT2D eigenvalue weighted by Gasteiger charge is 2.12. The lowest BCUT2D eigenvalue weighted by Crippen LogP contribution is -2.38. The summed E-state index contributed by atoms with van der Waals surface area (Å²) in [6.45, 7) is 6.44. The zero-order valence-corrected chi connectivity index (χ0v) is 12.3. The molecule has 0 saturated heterocycles. The van der Waals surface area contributed by atoms with E-state index in [9.17, 15) is 4.79 Å². The molecule has 0 heterocycles. The van der Waals surface area contributed by atoms with Gasteiger partial charge in [-0.25, -0.2) is 0 Å². The Kier molecular flexibility index (Phi) is 4.74. The summed E-state index contributed by atoms with van der Waals surface area (Å²) in [5.74, 6) is 0.0270. The van der Waals surface area contributed by atoms with Gasteiger partial charge in [-0.1, -0.05) is 56.3 Å². The molecule has 0 radical (unpaired) electrons. The third-order valence-electron chi connectivity index (χ3n) is 3.34. The number of benzene rings is 2. The molecule has 0 saturated carbocycles. The first-order chi connectivity index (χ1) is 9.58. The summed E-state index contributed by atoms with van der Waals surface area (Å²) >= 11 is 0. The van der Waals surface area contributed by atoms with E-state index >= 15 is 0 Å². The van der Waals surface area contributed by atoms with Crippen molar-refractivity contribution < 1.29 is 4.79 Å². The normalized spacial score (nSPS) is 12.6. The van der Waals surface area contributed by atoms with Gasteiger partial charge in [0.05, 0.1) is 12.6 Å². The van der Waals surface area contributed by atoms with Crippen molar-refractivity contribution in [2.45, 2.75) is 32.9 Å². The molecule has 0 bridgehead atoms. The van der Waals surface area contributed by atoms with Gasteiger partial charge in [-0.2, -0.15) is 0 Å². The number of carbonyl (C=O) groups is 1. The zero-order valence-electron chi connectivity index (χ0n) is 12.3. The third kappa shape index (κ3) is 3.58. The van der Waals surface area contributed by atoms with E-state index in [0.717, 1.165) is 5.56 Å². The number of hydrogen-bond acceptors (Lipinski definition) is 2. The Bertz CT molecular complexity index is 587. The highest BCUT2D eigenvalue weighted by atomic mass is 16.1. The van der Waals surface area contributed by atoms with E-state index in [2.05, 4.69) is 34.9 Å². The molecule has 2 aromatic rings. The predicted octanol–water partition coefficient (Wildman–Crippen LogP) is 3.02. The number of hydrogen-bond donors (Lipinski definition) is 2. The fourth-order valence-corrected chi connectivity index (χ4v) is 2.30. The molecule has 1 unspecified atom stereocenters. The van der Waals surface area contributed by atoms with E-state index in [1.807, 2.05) is 39.0 Å². The molecule has 0 aliphatic carbocycles. The van der Waals surface area contributed by atoms with E-state index in [0.29, 0.717) is 12.6 Å². The number of rotatable bonds is 5. The van der Waals surface area contributed by atoms with Gasteiger partial charge in [0.15, 0.2) is 0 Å². The SMILES string of the molecule is CC(C)NCC(=O)NC(C)c1cccc2ccccc12. The molecule has 0 fully saturated rings. The van der Waals surface area contributed by atoms with Gasteiger partial charge in [0.25, 0.3) is 0 Å². The number of amides is 1. The van der Waals surface area contributed by atoms with Crippen LogP contribution in [0.25, 0.3) is 10.8 Å². The first-order valence-corrected chi connectivity index (χ1v) is 7.08. The van der Waals surface area contributed by atoms with Gasteiger partial charge in [-0.3, -0.25) is 4.79 Å². The van der Waals surface area contributed by atoms with Crippen LogP contribution in [0.1, 0.15) is 32.4 Å². The molecule has 106 valence electrons. The number of fused-ring (bicyclic) bond motifs is 1. The molecular formula is C17H22N2O. The highest BCUT2D eigenvalue weighted by Crippen LogP contribution is 2.23. The lowest BCUT2D eigenvalue weighted by Gasteiger charge is -2.17. The van der Waals surface area contributed by atoms with Crippen molar-refractivity contribution in [3.63, 3.8) is 0 Å². The van der Waals surface area contributed by atoms with E-state index in [-0.39, 0.29) is 11.9 Å². The molecule has 0 aliphatic rings. The van der Waals surface area contributed by atoms with Crippen LogP contribution in [-0.2, 0) is 4.79 Å². The maximum Gasteiger partial charge on any atom is 0.234 e. The van der Waals surface area contributed by atoms with Crippen LogP contribution in [0.15, 0.2) is 42.5 Å². The summed E-state index contributed by atoms with van der Waals surface area (Å²) in [6, 6.07) is 14.8. The van der Waals surface area contributed by atoms with Crippen LogP contribution in [0.2, 0.25) is 0 Å². The Morgan fingerprint density at radius 3 is 2.50 bits per heavy atom. The van der Waals surface area contributed by atoms with Crippen molar-refractivity contribution in [2.24, 2.45) is 0 Å². The smallest absolute Gasteiger partial charge is 0.234 e. The monoisotopic (exact) mass is 270 g/mol. The molecule has 3 heteroatoms. The van der Waals surface area contributed by atoms with Crippen LogP contribution in [0, 0.1) is 0 Å². The van der Waals surface area contributed by atoms with Crippen LogP contribution in [0.4, 0.5) is 0 Å². The molecule has 3 nitrogen and oxygen atoms in total. The van der Waals surface area contributed by atoms with Crippen molar-refractivity contribution in [3.8, 4) is 0 Å². The Morgan fingerprint density at radius 1 is 1.05 bits per heavy atom. The van der Waals surface area contributed by atoms with Crippen molar-refractivity contribution >= 4 is 16.7 Å². The van der Waals surface area contributed by atoms with Crippen molar-refractivity contribution in [2.75, 3.05) is 6.54 Å². The lowest BCUT2D eigenvalue weighted by atomic mass is 10.00. The quantitative estimate of drug-likeness (QED) is 0.877. The Hall–Kier alpha value is -1.87. The van der Waals surface area contributed by atoms with Gasteiger partial charge in [-0.05, 0) is 23.3 Å². The van der Waals surface area contributed by atoms with E-state index in [1.54, 1.807) is 0 Å². The van der Waals surface area contributed by atoms with Gasteiger partial charge in [0, 0.05) is 6.04 Å². The largest absolute Gasteiger partial charge is 0.348 e. The maximum absolute atomic E-state index is 11.9. The van der Waals surface area contributed by atoms with E-state index in [4.69, 9.17) is 0 Å². The molecule has 1 atom stereocenters. The molecular weight excluding hydrogens is 248 g/mol. The Labute approximate surface area is 120 Å². The van der Waals surface area contributed by atoms with Crippen molar-refractivity contribution in [1.29, 1.82) is 0 Å². The molecule has 0 aromatic heterocycles. The lowest BCUT2D eigenvalue weighted by molar-refractivity contribution is -0.121. The van der Waals surface area contributed by atoms with Crippen LogP contribution in [-0.4, -0.2) is 18.5 Å². The Balaban J connectivity index is 2.11. The summed E-state index contributed by atoms with van der Waals surface area (Å²) < 4.78 is 0. The summed E-state index contributed by atoms with van der Waals surface area (Å²) in [7, 11) is 0. The molecule has 2 N–H and O–H groups in total. The van der Waals surface area contributed by atoms with E-state index in [1.165, 1.54) is 10.8 Å². The molecule has 0 aliphatic heterocycles. The van der Waals surface area contributed by atoms with Gasteiger partial charge in [-0.15, -0.1) is 0 Å². The fraction of sp³-hybridized carbons (Fsp3) is 0.353. The molecule has 1 amide bonds. The minimum atomic E-state index is 0.00237. The van der Waals surface area contributed by atoms with Crippen LogP contribution in [0.5, 0.6) is 0 Å². The third-order valence-corrected chi connectivity index (χ3v) is 3.34. The van der Waals surface area contributed by atoms with Gasteiger partial charge in [0.1, 0.15) is 0 Å². The van der Waals surface area contributed by atoms with Gasteiger partial charge in [0.2, 0.25) is 5.91 Å². The standard InChI is InChI=1S/C17H22N2O/c1-12(2)18-11-17(20)19-13(3)15-10-6-8-14-7-4-5-9-16(14)15/h4-10,12-13,18H,11H2,1-3H3,(H,19,20). The van der Waals surface area contributed by atoms with E-state index < -0.39 is 0 Å². The predicted molar refractivity (Wildman–Crippen MR) is 83.6 cm³/mol. The Morgan fingerprint density at radius 2 is 1.75 bits per heavy atom. The molecule has 2 aromatic carbocycles. The summed E-state index contributed by atoms with van der Waals surface area (Å²) in [4.78, 5) is 11.9. The summed E-state index contributed by atoms with van der Waals surface area (Å²) in [5, 5.41) is 8.56. The summed E-state index contributed by atoms with van der Waals surface area (Å²) in [5.41, 5.74) is 1.15. The average molecular weight is 270 g/mol. The fourth-order valence-electron chi connectivity index (χ4n) is 2.30. The second-order valence-corrected chi connectivity index (χ2v) is 5.39. The zero-order chi connectivity index (χ0) is 14.5. The average Bonchev–Trinajstić information content (AvgIpc) is 2.44. The first-order valence-electron chi connectivity index (χ1n) is 7.08. The minimum absolute atomic E-state index is 0.00237. The first kappa shape index (κ1) is 14.5. The van der Waals surface area contributed by atoms with Crippen molar-refractivity contribution in [1.82, 2.24) is 10.6 Å². The van der Waals surface area contributed by atoms with Crippen molar-refractivity contribution in [3.05, 3.63) is 48.0 Å². The van der Waals surface area contributed by atoms with Crippen LogP contribution >= 0.6 is 0 Å². The minimum Gasteiger partial charge on any atom is -0.348 e. The van der Waals surface area contributed by atoms with Crippen LogP contribution in [0.3, 0.4) is 0 Å². The van der Waals surface area contributed by atoms with Gasteiger partial charge < -0.3 is 10.6 Å².